The second-order valence-electron chi connectivity index (χ2n) is 4.66. The van der Waals surface area contributed by atoms with Crippen LogP contribution in [0.1, 0.15) is 32.1 Å². The Balaban J connectivity index is 2.13. The monoisotopic (exact) mass is 239 g/mol. The lowest BCUT2D eigenvalue weighted by atomic mass is 9.75. The van der Waals surface area contributed by atoms with Gasteiger partial charge in [-0.3, -0.25) is 4.90 Å². The summed E-state index contributed by atoms with van der Waals surface area (Å²) in [6.07, 6.45) is 4.62. The minimum Gasteiger partial charge on any atom is -0.479 e. The normalized spacial score (nSPS) is 21.2. The number of carbonyl (C=O) groups excluding carboxylic acids is 1. The first-order valence-electron chi connectivity index (χ1n) is 5.92. The minimum atomic E-state index is -1.01. The molecule has 0 bridgehead atoms. The van der Waals surface area contributed by atoms with Gasteiger partial charge in [0.2, 0.25) is 0 Å². The van der Waals surface area contributed by atoms with E-state index in [1.54, 1.807) is 0 Å². The lowest BCUT2D eigenvalue weighted by Crippen LogP contribution is -2.62. The summed E-state index contributed by atoms with van der Waals surface area (Å²) in [7, 11) is 0. The zero-order valence-electron chi connectivity index (χ0n) is 9.72. The highest BCUT2D eigenvalue weighted by Gasteiger charge is 2.56. The molecule has 5 heteroatoms. The van der Waals surface area contributed by atoms with E-state index in [0.29, 0.717) is 12.8 Å². The fraction of sp³-hybridized carbons (Fsp3) is 0.667. The first-order chi connectivity index (χ1) is 8.12. The zero-order valence-corrected chi connectivity index (χ0v) is 9.72. The smallest absolute Gasteiger partial charge is 0.411 e. The van der Waals surface area contributed by atoms with Crippen molar-refractivity contribution in [3.8, 4) is 0 Å². The molecule has 1 N–H and O–H groups in total. The third-order valence-electron chi connectivity index (χ3n) is 3.47. The topological polar surface area (TPSA) is 66.8 Å². The largest absolute Gasteiger partial charge is 0.479 e. The van der Waals surface area contributed by atoms with E-state index in [2.05, 4.69) is 6.58 Å². The molecule has 0 heterocycles. The van der Waals surface area contributed by atoms with E-state index in [0.717, 1.165) is 19.3 Å². The summed E-state index contributed by atoms with van der Waals surface area (Å²) in [5.41, 5.74) is -1.01. The number of rotatable bonds is 5. The molecule has 0 saturated heterocycles. The molecular formula is C12H17NO4. The second-order valence-corrected chi connectivity index (χ2v) is 4.66. The summed E-state index contributed by atoms with van der Waals surface area (Å²) in [5.74, 6) is -0.911. The van der Waals surface area contributed by atoms with Gasteiger partial charge in [0.15, 0.2) is 0 Å². The van der Waals surface area contributed by atoms with Crippen LogP contribution in [-0.4, -0.2) is 40.3 Å². The molecule has 94 valence electrons. The van der Waals surface area contributed by atoms with Crippen LogP contribution in [0.25, 0.3) is 0 Å². The fourth-order valence-corrected chi connectivity index (χ4v) is 2.28. The van der Waals surface area contributed by atoms with Crippen molar-refractivity contribution < 1.29 is 19.4 Å². The number of hydrogen-bond donors (Lipinski definition) is 1. The van der Waals surface area contributed by atoms with Crippen LogP contribution in [0.2, 0.25) is 0 Å². The van der Waals surface area contributed by atoms with E-state index in [-0.39, 0.29) is 12.6 Å². The Morgan fingerprint density at radius 3 is 2.47 bits per heavy atom. The van der Waals surface area contributed by atoms with Crippen LogP contribution < -0.4 is 0 Å². The van der Waals surface area contributed by atoms with Crippen molar-refractivity contribution in [1.82, 2.24) is 4.90 Å². The number of hydrogen-bond acceptors (Lipinski definition) is 3. The van der Waals surface area contributed by atoms with Crippen molar-refractivity contribution in [3.63, 3.8) is 0 Å². The number of carbonyl (C=O) groups is 2. The van der Waals surface area contributed by atoms with Gasteiger partial charge in [-0.1, -0.05) is 12.7 Å². The van der Waals surface area contributed by atoms with Crippen molar-refractivity contribution in [3.05, 3.63) is 12.7 Å². The summed E-state index contributed by atoms with van der Waals surface area (Å²) in [6.45, 7) is 3.59. The molecule has 17 heavy (non-hydrogen) atoms. The van der Waals surface area contributed by atoms with E-state index in [4.69, 9.17) is 4.74 Å². The number of nitrogens with zero attached hydrogens (tertiary/aromatic N) is 1. The van der Waals surface area contributed by atoms with Crippen molar-refractivity contribution >= 4 is 12.1 Å². The maximum absolute atomic E-state index is 11.9. The van der Waals surface area contributed by atoms with Gasteiger partial charge in [-0.2, -0.15) is 0 Å². The second kappa shape index (κ2) is 4.39. The van der Waals surface area contributed by atoms with Crippen molar-refractivity contribution in [2.75, 3.05) is 6.61 Å². The standard InChI is InChI=1S/C12H17NO4/c1-2-8-17-11(16)13(9-4-5-9)12(10(14)15)6-3-7-12/h2,9H,1,3-8H2,(H,14,15). The van der Waals surface area contributed by atoms with E-state index < -0.39 is 17.6 Å². The van der Waals surface area contributed by atoms with Gasteiger partial charge in [0.25, 0.3) is 0 Å². The molecule has 0 aromatic rings. The predicted molar refractivity (Wildman–Crippen MR) is 60.6 cm³/mol. The molecule has 0 spiro atoms. The first kappa shape index (κ1) is 12.0. The first-order valence-corrected chi connectivity index (χ1v) is 5.92. The van der Waals surface area contributed by atoms with Crippen LogP contribution in [-0.2, 0) is 9.53 Å². The average molecular weight is 239 g/mol. The Bertz CT molecular complexity index is 344. The highest BCUT2D eigenvalue weighted by Crippen LogP contribution is 2.44. The highest BCUT2D eigenvalue weighted by molar-refractivity contribution is 5.86. The van der Waals surface area contributed by atoms with E-state index in [9.17, 15) is 14.7 Å². The van der Waals surface area contributed by atoms with E-state index in [1.165, 1.54) is 11.0 Å². The van der Waals surface area contributed by atoms with Crippen LogP contribution in [0.4, 0.5) is 4.79 Å². The molecule has 0 atom stereocenters. The molecule has 1 amide bonds. The van der Waals surface area contributed by atoms with Gasteiger partial charge in [-0.05, 0) is 32.1 Å². The van der Waals surface area contributed by atoms with Gasteiger partial charge in [0.1, 0.15) is 12.1 Å². The summed E-state index contributed by atoms with van der Waals surface area (Å²) < 4.78 is 4.99. The summed E-state index contributed by atoms with van der Waals surface area (Å²) >= 11 is 0. The van der Waals surface area contributed by atoms with Crippen molar-refractivity contribution in [2.45, 2.75) is 43.7 Å². The van der Waals surface area contributed by atoms with Crippen LogP contribution >= 0.6 is 0 Å². The highest BCUT2D eigenvalue weighted by atomic mass is 16.6. The Morgan fingerprint density at radius 1 is 1.47 bits per heavy atom. The van der Waals surface area contributed by atoms with Crippen molar-refractivity contribution in [2.24, 2.45) is 0 Å². The number of aliphatic carboxylic acids is 1. The molecule has 2 aliphatic carbocycles. The molecule has 0 aromatic heterocycles. The molecule has 5 nitrogen and oxygen atoms in total. The Kier molecular flexibility index (Phi) is 3.09. The van der Waals surface area contributed by atoms with Gasteiger partial charge in [-0.25, -0.2) is 9.59 Å². The molecule has 2 rings (SSSR count). The van der Waals surface area contributed by atoms with Gasteiger partial charge >= 0.3 is 12.1 Å². The lowest BCUT2D eigenvalue weighted by Gasteiger charge is -2.46. The fourth-order valence-electron chi connectivity index (χ4n) is 2.28. The molecule has 0 aliphatic heterocycles. The van der Waals surface area contributed by atoms with E-state index in [1.807, 2.05) is 0 Å². The molecule has 0 unspecified atom stereocenters. The molecule has 2 fully saturated rings. The third kappa shape index (κ3) is 2.01. The number of carboxylic acids is 1. The molecule has 0 aromatic carbocycles. The summed E-state index contributed by atoms with van der Waals surface area (Å²) in [4.78, 5) is 24.8. The van der Waals surface area contributed by atoms with Crippen molar-refractivity contribution in [1.29, 1.82) is 0 Å². The number of carboxylic acid groups (broad SMARTS) is 1. The van der Waals surface area contributed by atoms with Gasteiger partial charge < -0.3 is 9.84 Å². The summed E-state index contributed by atoms with van der Waals surface area (Å²) in [5, 5.41) is 9.34. The molecule has 0 radical (unpaired) electrons. The maximum Gasteiger partial charge on any atom is 0.411 e. The average Bonchev–Trinajstić information content (AvgIpc) is 3.02. The molecule has 2 saturated carbocycles. The molecular weight excluding hydrogens is 222 g/mol. The van der Waals surface area contributed by atoms with Gasteiger partial charge in [0, 0.05) is 6.04 Å². The predicted octanol–water partition coefficient (Wildman–Crippen LogP) is 1.78. The van der Waals surface area contributed by atoms with Crippen LogP contribution in [0.15, 0.2) is 12.7 Å². The van der Waals surface area contributed by atoms with Crippen LogP contribution in [0, 0.1) is 0 Å². The SMILES string of the molecule is C=CCOC(=O)N(C1CC1)C1(C(=O)O)CCC1. The quantitative estimate of drug-likeness (QED) is 0.742. The van der Waals surface area contributed by atoms with Crippen LogP contribution in [0.5, 0.6) is 0 Å². The Morgan fingerprint density at radius 2 is 2.12 bits per heavy atom. The third-order valence-corrected chi connectivity index (χ3v) is 3.47. The summed E-state index contributed by atoms with van der Waals surface area (Å²) in [6, 6.07) is 0.0451. The maximum atomic E-state index is 11.9. The zero-order chi connectivity index (χ0) is 12.5. The van der Waals surface area contributed by atoms with Crippen LogP contribution in [0.3, 0.4) is 0 Å². The Labute approximate surface area is 100 Å². The molecule has 2 aliphatic rings. The lowest BCUT2D eigenvalue weighted by molar-refractivity contribution is -0.157. The van der Waals surface area contributed by atoms with E-state index >= 15 is 0 Å². The van der Waals surface area contributed by atoms with Gasteiger partial charge in [-0.15, -0.1) is 0 Å². The number of amides is 1. The Hall–Kier alpha value is -1.52. The number of ether oxygens (including phenoxy) is 1. The minimum absolute atomic E-state index is 0.0451. The van der Waals surface area contributed by atoms with Gasteiger partial charge in [0.05, 0.1) is 0 Å².